The van der Waals surface area contributed by atoms with Crippen molar-refractivity contribution in [3.05, 3.63) is 23.4 Å². The molecular formula is C15H22ClN3O2. The lowest BCUT2D eigenvalue weighted by Gasteiger charge is -2.30. The van der Waals surface area contributed by atoms with Crippen LogP contribution in [0.1, 0.15) is 25.7 Å². The quantitative estimate of drug-likeness (QED) is 0.903. The molecule has 0 unspecified atom stereocenters. The largest absolute Gasteiger partial charge is 0.388 e. The van der Waals surface area contributed by atoms with Crippen LogP contribution in [-0.4, -0.2) is 53.7 Å². The molecular weight excluding hydrogens is 290 g/mol. The van der Waals surface area contributed by atoms with Gasteiger partial charge >= 0.3 is 0 Å². The number of halogens is 1. The lowest BCUT2D eigenvalue weighted by molar-refractivity contribution is -0.131. The van der Waals surface area contributed by atoms with Crippen LogP contribution < -0.4 is 4.90 Å². The van der Waals surface area contributed by atoms with Crippen molar-refractivity contribution >= 4 is 23.3 Å². The summed E-state index contributed by atoms with van der Waals surface area (Å²) in [5.74, 6) is 0.662. The summed E-state index contributed by atoms with van der Waals surface area (Å²) in [6, 6.07) is 3.52. The molecule has 0 aromatic carbocycles. The fraction of sp³-hybridized carbons (Fsp3) is 0.600. The Morgan fingerprint density at radius 3 is 2.62 bits per heavy atom. The van der Waals surface area contributed by atoms with Gasteiger partial charge in [0.15, 0.2) is 0 Å². The number of carbonyl (C=O) groups is 1. The number of carbonyl (C=O) groups excluding carboxylic acids is 1. The van der Waals surface area contributed by atoms with Crippen molar-refractivity contribution in [1.82, 2.24) is 9.88 Å². The van der Waals surface area contributed by atoms with Crippen LogP contribution in [0.4, 0.5) is 5.82 Å². The highest BCUT2D eigenvalue weighted by Crippen LogP contribution is 2.29. The summed E-state index contributed by atoms with van der Waals surface area (Å²) in [5, 5.41) is 10.9. The van der Waals surface area contributed by atoms with Gasteiger partial charge in [0.2, 0.25) is 5.91 Å². The van der Waals surface area contributed by atoms with Crippen molar-refractivity contribution in [3.8, 4) is 0 Å². The zero-order chi connectivity index (χ0) is 15.5. The Kier molecular flexibility index (Phi) is 5.06. The van der Waals surface area contributed by atoms with Gasteiger partial charge in [-0.1, -0.05) is 24.4 Å². The van der Waals surface area contributed by atoms with Gasteiger partial charge in [0.1, 0.15) is 5.82 Å². The van der Waals surface area contributed by atoms with Crippen LogP contribution in [0.25, 0.3) is 0 Å². The average molecular weight is 312 g/mol. The third-order valence-electron chi connectivity index (χ3n) is 3.97. The maximum atomic E-state index is 12.2. The van der Waals surface area contributed by atoms with Gasteiger partial charge in [-0.15, -0.1) is 0 Å². The van der Waals surface area contributed by atoms with Crippen molar-refractivity contribution in [1.29, 1.82) is 0 Å². The Morgan fingerprint density at radius 2 is 2.05 bits per heavy atom. The monoisotopic (exact) mass is 311 g/mol. The summed E-state index contributed by atoms with van der Waals surface area (Å²) in [4.78, 5) is 19.8. The molecule has 0 aliphatic heterocycles. The number of aliphatic hydroxyl groups is 1. The Hall–Kier alpha value is -1.33. The fourth-order valence-electron chi connectivity index (χ4n) is 2.72. The number of hydrogen-bond donors (Lipinski definition) is 1. The maximum absolute atomic E-state index is 12.2. The van der Waals surface area contributed by atoms with Gasteiger partial charge < -0.3 is 14.9 Å². The van der Waals surface area contributed by atoms with Crippen LogP contribution in [0.15, 0.2) is 18.3 Å². The molecule has 5 nitrogen and oxygen atoms in total. The zero-order valence-corrected chi connectivity index (χ0v) is 13.3. The van der Waals surface area contributed by atoms with Crippen LogP contribution in [0.3, 0.4) is 0 Å². The zero-order valence-electron chi connectivity index (χ0n) is 12.5. The second kappa shape index (κ2) is 6.62. The molecule has 6 heteroatoms. The van der Waals surface area contributed by atoms with Crippen LogP contribution in [-0.2, 0) is 4.79 Å². The molecule has 1 aromatic rings. The summed E-state index contributed by atoms with van der Waals surface area (Å²) in [7, 11) is 3.55. The molecule has 0 spiro atoms. The van der Waals surface area contributed by atoms with Crippen molar-refractivity contribution in [2.75, 3.05) is 32.1 Å². The maximum Gasteiger partial charge on any atom is 0.241 e. The van der Waals surface area contributed by atoms with E-state index in [0.717, 1.165) is 25.7 Å². The van der Waals surface area contributed by atoms with Gasteiger partial charge in [-0.05, 0) is 25.0 Å². The molecule has 1 amide bonds. The predicted octanol–water partition coefficient (Wildman–Crippen LogP) is 1.93. The van der Waals surface area contributed by atoms with Crippen LogP contribution in [0.5, 0.6) is 0 Å². The molecule has 2 rings (SSSR count). The molecule has 0 radical (unpaired) electrons. The van der Waals surface area contributed by atoms with Crippen molar-refractivity contribution in [2.45, 2.75) is 31.3 Å². The number of nitrogens with zero attached hydrogens (tertiary/aromatic N) is 3. The first-order valence-corrected chi connectivity index (χ1v) is 7.56. The van der Waals surface area contributed by atoms with E-state index in [2.05, 4.69) is 4.98 Å². The summed E-state index contributed by atoms with van der Waals surface area (Å²) in [6.45, 7) is 0.620. The Morgan fingerprint density at radius 1 is 1.38 bits per heavy atom. The van der Waals surface area contributed by atoms with E-state index in [1.165, 1.54) is 0 Å². The number of aromatic nitrogens is 1. The number of rotatable bonds is 5. The fourth-order valence-corrected chi connectivity index (χ4v) is 2.83. The van der Waals surface area contributed by atoms with E-state index in [4.69, 9.17) is 11.6 Å². The summed E-state index contributed by atoms with van der Waals surface area (Å²) in [5.41, 5.74) is -0.707. The van der Waals surface area contributed by atoms with E-state index in [1.54, 1.807) is 35.2 Å². The smallest absolute Gasteiger partial charge is 0.241 e. The van der Waals surface area contributed by atoms with Crippen LogP contribution in [0.2, 0.25) is 5.02 Å². The summed E-state index contributed by atoms with van der Waals surface area (Å²) in [6.07, 6.45) is 5.18. The minimum Gasteiger partial charge on any atom is -0.388 e. The second-order valence-corrected chi connectivity index (χ2v) is 6.31. The number of anilines is 1. The molecule has 0 saturated heterocycles. The SMILES string of the molecule is CN(CC1(O)CCCC1)C(=O)CN(C)c1ccc(Cl)cn1. The van der Waals surface area contributed by atoms with E-state index < -0.39 is 5.60 Å². The lowest BCUT2D eigenvalue weighted by atomic mass is 10.0. The lowest BCUT2D eigenvalue weighted by Crippen LogP contribution is -2.45. The van der Waals surface area contributed by atoms with Gasteiger partial charge in [0.25, 0.3) is 0 Å². The van der Waals surface area contributed by atoms with Gasteiger partial charge in [-0.25, -0.2) is 4.98 Å². The standard InChI is InChI=1S/C15H22ClN3O2/c1-18(13-6-5-12(16)9-17-13)10-14(20)19(2)11-15(21)7-3-4-8-15/h5-6,9,21H,3-4,7-8,10-11H2,1-2H3. The average Bonchev–Trinajstić information content (AvgIpc) is 2.85. The van der Waals surface area contributed by atoms with E-state index in [-0.39, 0.29) is 12.5 Å². The van der Waals surface area contributed by atoms with Crippen molar-refractivity contribution < 1.29 is 9.90 Å². The van der Waals surface area contributed by atoms with Gasteiger partial charge in [-0.2, -0.15) is 0 Å². The predicted molar refractivity (Wildman–Crippen MR) is 83.6 cm³/mol. The molecule has 1 aliphatic rings. The number of pyridine rings is 1. The van der Waals surface area contributed by atoms with Gasteiger partial charge in [0.05, 0.1) is 17.2 Å². The van der Waals surface area contributed by atoms with E-state index >= 15 is 0 Å². The third-order valence-corrected chi connectivity index (χ3v) is 4.19. The van der Waals surface area contributed by atoms with Crippen molar-refractivity contribution in [2.24, 2.45) is 0 Å². The molecule has 1 aromatic heterocycles. The molecule has 1 saturated carbocycles. The van der Waals surface area contributed by atoms with Crippen molar-refractivity contribution in [3.63, 3.8) is 0 Å². The Balaban J connectivity index is 1.89. The van der Waals surface area contributed by atoms with Crippen LogP contribution in [0, 0.1) is 0 Å². The molecule has 0 bridgehead atoms. The Labute approximate surface area is 130 Å². The third kappa shape index (κ3) is 4.32. The normalized spacial score (nSPS) is 16.8. The topological polar surface area (TPSA) is 56.7 Å². The molecule has 116 valence electrons. The molecule has 1 fully saturated rings. The number of likely N-dealkylation sites (N-methyl/N-ethyl adjacent to an activating group) is 2. The van der Waals surface area contributed by atoms with Gasteiger partial charge in [0, 0.05) is 26.8 Å². The minimum atomic E-state index is -0.707. The van der Waals surface area contributed by atoms with E-state index in [0.29, 0.717) is 17.4 Å². The molecule has 0 atom stereocenters. The molecule has 1 aliphatic carbocycles. The molecule has 1 N–H and O–H groups in total. The van der Waals surface area contributed by atoms with Gasteiger partial charge in [-0.3, -0.25) is 4.79 Å². The number of amides is 1. The highest BCUT2D eigenvalue weighted by molar-refractivity contribution is 6.30. The first-order valence-electron chi connectivity index (χ1n) is 7.19. The first kappa shape index (κ1) is 16.0. The summed E-state index contributed by atoms with van der Waals surface area (Å²) >= 11 is 5.80. The molecule has 21 heavy (non-hydrogen) atoms. The number of hydrogen-bond acceptors (Lipinski definition) is 4. The molecule has 1 heterocycles. The second-order valence-electron chi connectivity index (χ2n) is 5.87. The minimum absolute atomic E-state index is 0.0328. The van der Waals surface area contributed by atoms with E-state index in [1.807, 2.05) is 7.05 Å². The highest BCUT2D eigenvalue weighted by atomic mass is 35.5. The highest BCUT2D eigenvalue weighted by Gasteiger charge is 2.33. The first-order chi connectivity index (χ1) is 9.89. The summed E-state index contributed by atoms with van der Waals surface area (Å²) < 4.78 is 0. The van der Waals surface area contributed by atoms with E-state index in [9.17, 15) is 9.90 Å². The van der Waals surface area contributed by atoms with Crippen LogP contribution >= 0.6 is 11.6 Å². The Bertz CT molecular complexity index is 486.